The molecule has 0 aromatic carbocycles. The summed E-state index contributed by atoms with van der Waals surface area (Å²) in [5.74, 6) is -7.43. The van der Waals surface area contributed by atoms with Crippen LogP contribution >= 0.6 is 0 Å². The molecule has 1 rings (SSSR count). The summed E-state index contributed by atoms with van der Waals surface area (Å²) in [5, 5.41) is 41.4. The molecule has 0 saturated carbocycles. The third-order valence-electron chi connectivity index (χ3n) is 4.54. The molecule has 0 aromatic rings. The molecule has 0 aliphatic carbocycles. The van der Waals surface area contributed by atoms with E-state index in [9.17, 15) is 44.7 Å². The van der Waals surface area contributed by atoms with Crippen molar-refractivity contribution in [2.24, 2.45) is 17.4 Å². The molecule has 38 heavy (non-hydrogen) atoms. The average Bonchev–Trinajstić information content (AvgIpc) is 3.04. The molecule has 2 atom stereocenters. The Labute approximate surface area is 212 Å². The van der Waals surface area contributed by atoms with E-state index in [1.807, 2.05) is 0 Å². The summed E-state index contributed by atoms with van der Waals surface area (Å²) < 4.78 is 91.5. The molecule has 22 heteroatoms. The molecule has 0 amide bonds. The molecule has 1 saturated heterocycles. The molecule has 1 heterocycles. The van der Waals surface area contributed by atoms with Crippen molar-refractivity contribution in [1.82, 2.24) is 9.03 Å². The van der Waals surface area contributed by atoms with Crippen molar-refractivity contribution in [3.05, 3.63) is 0 Å². The highest BCUT2D eigenvalue weighted by Gasteiger charge is 2.52. The van der Waals surface area contributed by atoms with Gasteiger partial charge in [-0.2, -0.15) is 39.1 Å². The van der Waals surface area contributed by atoms with Crippen LogP contribution in [-0.4, -0.2) is 106 Å². The second-order valence-electron chi connectivity index (χ2n) is 8.67. The van der Waals surface area contributed by atoms with E-state index < -0.39 is 64.6 Å². The van der Waals surface area contributed by atoms with E-state index in [1.165, 1.54) is 0 Å². The van der Waals surface area contributed by atoms with Crippen LogP contribution in [0, 0.1) is 5.92 Å². The zero-order chi connectivity index (χ0) is 30.9. The second-order valence-corrected chi connectivity index (χ2v) is 10.4. The van der Waals surface area contributed by atoms with E-state index in [0.717, 1.165) is 4.31 Å². The molecule has 1 fully saturated rings. The first kappa shape index (κ1) is 37.9. The largest absolute Gasteiger partial charge is 0.490 e. The number of alkyl halides is 6. The van der Waals surface area contributed by atoms with Gasteiger partial charge in [-0.1, -0.05) is 6.42 Å². The Morgan fingerprint density at radius 3 is 1.71 bits per heavy atom. The fraction of sp³-hybridized carbons (Fsp3) is 0.812. The highest BCUT2D eigenvalue weighted by atomic mass is 32.2. The second kappa shape index (κ2) is 14.2. The van der Waals surface area contributed by atoms with Crippen molar-refractivity contribution in [2.45, 2.75) is 56.4 Å². The van der Waals surface area contributed by atoms with E-state index in [4.69, 9.17) is 41.3 Å². The van der Waals surface area contributed by atoms with E-state index in [2.05, 4.69) is 4.72 Å². The minimum Gasteiger partial charge on any atom is -0.480 e. The van der Waals surface area contributed by atoms with Crippen LogP contribution in [0.4, 0.5) is 26.3 Å². The molecular formula is C16H29BF6N4O10S. The van der Waals surface area contributed by atoms with Crippen LogP contribution in [0.1, 0.15) is 26.7 Å². The van der Waals surface area contributed by atoms with Gasteiger partial charge in [-0.25, -0.2) is 14.3 Å². The number of nitrogens with one attached hydrogen (secondary N) is 1. The Hall–Kier alpha value is -2.24. The Kier molecular flexibility index (Phi) is 14.2. The van der Waals surface area contributed by atoms with Gasteiger partial charge < -0.3 is 36.8 Å². The van der Waals surface area contributed by atoms with Crippen molar-refractivity contribution < 1.29 is 74.5 Å². The number of nitrogens with zero attached hydrogens (tertiary/aromatic N) is 1. The minimum absolute atomic E-state index is 0.00214. The molecule has 1 aliphatic rings. The number of halogens is 6. The number of carbonyl (C=O) groups is 3. The van der Waals surface area contributed by atoms with Gasteiger partial charge in [-0.15, -0.1) is 0 Å². The van der Waals surface area contributed by atoms with Gasteiger partial charge in [-0.05, 0) is 26.6 Å². The standard InChI is InChI=1S/C12H27BN4O6S.2C2HF3O2/c1-11(2,14)7-16-24(22,23)17-6-9(4-3-5-13(20)21)12(15,8-17)10(18)19;2*3-2(4,5)1(6)7/h9,16,20-21H,3-8,14-15H2,1-2H3,(H,18,19);2*(H,6,7)/t9-,12-;;/m0../s1. The van der Waals surface area contributed by atoms with Crippen LogP contribution in [0.15, 0.2) is 0 Å². The topological polar surface area (TPSA) is 254 Å². The number of carboxylic acid groups (broad SMARTS) is 3. The fourth-order valence-electron chi connectivity index (χ4n) is 2.58. The Bertz CT molecular complexity index is 890. The van der Waals surface area contributed by atoms with Crippen LogP contribution in [0.25, 0.3) is 0 Å². The van der Waals surface area contributed by atoms with Crippen molar-refractivity contribution in [3.63, 3.8) is 0 Å². The number of rotatable bonds is 9. The SMILES string of the molecule is CC(C)(N)CNS(=O)(=O)N1C[C@H](CCCB(O)O)[C@](N)(C(=O)O)C1.O=C(O)C(F)(F)F.O=C(O)C(F)(F)F. The van der Waals surface area contributed by atoms with Gasteiger partial charge in [-0.3, -0.25) is 4.79 Å². The van der Waals surface area contributed by atoms with Crippen LogP contribution in [0.5, 0.6) is 0 Å². The molecule has 0 unspecified atom stereocenters. The van der Waals surface area contributed by atoms with Crippen LogP contribution in [0.3, 0.4) is 0 Å². The maximum atomic E-state index is 12.3. The van der Waals surface area contributed by atoms with E-state index in [0.29, 0.717) is 6.42 Å². The average molecular weight is 594 g/mol. The maximum Gasteiger partial charge on any atom is 0.490 e. The third-order valence-corrected chi connectivity index (χ3v) is 6.01. The van der Waals surface area contributed by atoms with Crippen molar-refractivity contribution in [1.29, 1.82) is 0 Å². The van der Waals surface area contributed by atoms with Crippen LogP contribution < -0.4 is 16.2 Å². The first-order valence-corrected chi connectivity index (χ1v) is 11.6. The quantitative estimate of drug-likeness (QED) is 0.116. The van der Waals surface area contributed by atoms with Crippen molar-refractivity contribution in [2.75, 3.05) is 19.6 Å². The molecule has 0 bridgehead atoms. The van der Waals surface area contributed by atoms with Gasteiger partial charge >= 0.3 is 37.4 Å². The Balaban J connectivity index is 0. The fourth-order valence-corrected chi connectivity index (χ4v) is 4.08. The lowest BCUT2D eigenvalue weighted by molar-refractivity contribution is -0.193. The first-order chi connectivity index (χ1) is 16.7. The summed E-state index contributed by atoms with van der Waals surface area (Å²) in [6.07, 6.45) is -9.50. The summed E-state index contributed by atoms with van der Waals surface area (Å²) in [6, 6.07) is 0. The normalized spacial score (nSPS) is 20.5. The number of aliphatic carboxylic acids is 3. The lowest BCUT2D eigenvalue weighted by Crippen LogP contribution is -2.56. The highest BCUT2D eigenvalue weighted by molar-refractivity contribution is 7.87. The molecule has 224 valence electrons. The van der Waals surface area contributed by atoms with Crippen LogP contribution in [-0.2, 0) is 24.6 Å². The number of nitrogens with two attached hydrogens (primary N) is 2. The van der Waals surface area contributed by atoms with Gasteiger partial charge in [0.15, 0.2) is 0 Å². The lowest BCUT2D eigenvalue weighted by atomic mass is 9.78. The monoisotopic (exact) mass is 594 g/mol. The Morgan fingerprint density at radius 1 is 1.03 bits per heavy atom. The molecule has 0 spiro atoms. The first-order valence-electron chi connectivity index (χ1n) is 10.2. The summed E-state index contributed by atoms with van der Waals surface area (Å²) in [5.41, 5.74) is 9.23. The van der Waals surface area contributed by atoms with Gasteiger partial charge in [0.05, 0.1) is 0 Å². The highest BCUT2D eigenvalue weighted by Crippen LogP contribution is 2.31. The van der Waals surface area contributed by atoms with Gasteiger partial charge in [0.1, 0.15) is 5.54 Å². The summed E-state index contributed by atoms with van der Waals surface area (Å²) in [6.45, 7) is 2.91. The summed E-state index contributed by atoms with van der Waals surface area (Å²) >= 11 is 0. The molecule has 0 aromatic heterocycles. The molecular weight excluding hydrogens is 565 g/mol. The van der Waals surface area contributed by atoms with Crippen molar-refractivity contribution >= 4 is 35.2 Å². The van der Waals surface area contributed by atoms with Crippen LogP contribution in [0.2, 0.25) is 6.32 Å². The molecule has 14 nitrogen and oxygen atoms in total. The Morgan fingerprint density at radius 2 is 1.42 bits per heavy atom. The van der Waals surface area contributed by atoms with E-state index >= 15 is 0 Å². The zero-order valence-corrected chi connectivity index (χ0v) is 20.8. The molecule has 0 radical (unpaired) electrons. The zero-order valence-electron chi connectivity index (χ0n) is 20.0. The molecule has 10 N–H and O–H groups in total. The third kappa shape index (κ3) is 14.6. The summed E-state index contributed by atoms with van der Waals surface area (Å²) in [4.78, 5) is 29.3. The van der Waals surface area contributed by atoms with Crippen molar-refractivity contribution in [3.8, 4) is 0 Å². The van der Waals surface area contributed by atoms with E-state index in [1.54, 1.807) is 13.8 Å². The van der Waals surface area contributed by atoms with Gasteiger partial charge in [0.25, 0.3) is 10.2 Å². The smallest absolute Gasteiger partial charge is 0.480 e. The van der Waals surface area contributed by atoms with Gasteiger partial charge in [0, 0.05) is 31.1 Å². The maximum absolute atomic E-state index is 12.3. The number of hydrogen-bond donors (Lipinski definition) is 8. The predicted octanol–water partition coefficient (Wildman–Crippen LogP) is -1.21. The number of carboxylic acids is 3. The summed E-state index contributed by atoms with van der Waals surface area (Å²) in [7, 11) is -5.40. The van der Waals surface area contributed by atoms with Gasteiger partial charge in [0.2, 0.25) is 0 Å². The minimum atomic E-state index is -5.08. The van der Waals surface area contributed by atoms with E-state index in [-0.39, 0.29) is 32.4 Å². The lowest BCUT2D eigenvalue weighted by Gasteiger charge is -2.25. The molecule has 1 aliphatic heterocycles. The number of hydrogen-bond acceptors (Lipinski definition) is 9. The predicted molar refractivity (Wildman–Crippen MR) is 116 cm³/mol.